The van der Waals surface area contributed by atoms with Gasteiger partial charge in [0, 0.05) is 42.6 Å². The predicted molar refractivity (Wildman–Crippen MR) is 228 cm³/mol. The van der Waals surface area contributed by atoms with Crippen LogP contribution in [0.3, 0.4) is 0 Å². The van der Waals surface area contributed by atoms with E-state index >= 15 is 0 Å². The Morgan fingerprint density at radius 3 is 1.70 bits per heavy atom. The second kappa shape index (κ2) is 12.5. The van der Waals surface area contributed by atoms with E-state index < -0.39 is 0 Å². The monoisotopic (exact) mass is 695 g/mol. The molecule has 0 N–H and O–H groups in total. The molecule has 8 aromatic carbocycles. The molecule has 53 heavy (non-hydrogen) atoms. The van der Waals surface area contributed by atoms with Gasteiger partial charge >= 0.3 is 0 Å². The Morgan fingerprint density at radius 2 is 0.943 bits per heavy atom. The number of rotatable bonds is 6. The van der Waals surface area contributed by atoms with Gasteiger partial charge in [-0.05, 0) is 110 Å². The SMILES string of the molecule is CC1(C)c2ccc(-c3ccc(N(c4ccccc4)c4ccc(-c5cccc6c5sc5ccccc56)cc4)cc3)cc2-c2ccc(-c3ccccc3)cc21. The second-order valence-electron chi connectivity index (χ2n) is 14.6. The smallest absolute Gasteiger partial charge is 0.0462 e. The van der Waals surface area contributed by atoms with E-state index in [1.54, 1.807) is 0 Å². The van der Waals surface area contributed by atoms with Crippen LogP contribution in [0.4, 0.5) is 17.1 Å². The average Bonchev–Trinajstić information content (AvgIpc) is 3.71. The third kappa shape index (κ3) is 5.29. The quantitative estimate of drug-likeness (QED) is 0.167. The Morgan fingerprint density at radius 1 is 0.377 bits per heavy atom. The summed E-state index contributed by atoms with van der Waals surface area (Å²) in [5, 5.41) is 2.65. The van der Waals surface area contributed by atoms with E-state index in [4.69, 9.17) is 0 Å². The van der Waals surface area contributed by atoms with Crippen molar-refractivity contribution in [2.75, 3.05) is 4.90 Å². The molecular formula is C51H37NS. The Balaban J connectivity index is 0.987. The molecule has 1 aliphatic rings. The Bertz CT molecular complexity index is 2780. The maximum Gasteiger partial charge on any atom is 0.0462 e. The van der Waals surface area contributed by atoms with Crippen molar-refractivity contribution in [3.8, 4) is 44.5 Å². The molecule has 0 spiro atoms. The Hall–Kier alpha value is -6.22. The zero-order valence-electron chi connectivity index (χ0n) is 29.8. The fourth-order valence-electron chi connectivity index (χ4n) is 8.33. The van der Waals surface area contributed by atoms with Crippen molar-refractivity contribution >= 4 is 48.6 Å². The summed E-state index contributed by atoms with van der Waals surface area (Å²) in [4.78, 5) is 2.35. The van der Waals surface area contributed by atoms with E-state index in [0.29, 0.717) is 0 Å². The minimum absolute atomic E-state index is 0.0615. The molecule has 0 amide bonds. The van der Waals surface area contributed by atoms with Crippen molar-refractivity contribution in [1.29, 1.82) is 0 Å². The molecule has 2 heteroatoms. The van der Waals surface area contributed by atoms with Crippen LogP contribution in [0.5, 0.6) is 0 Å². The lowest BCUT2D eigenvalue weighted by molar-refractivity contribution is 0.660. The van der Waals surface area contributed by atoms with Gasteiger partial charge in [0.1, 0.15) is 0 Å². The molecule has 1 aliphatic carbocycles. The highest BCUT2D eigenvalue weighted by Gasteiger charge is 2.35. The van der Waals surface area contributed by atoms with Crippen molar-refractivity contribution in [2.24, 2.45) is 0 Å². The van der Waals surface area contributed by atoms with Gasteiger partial charge in [0.05, 0.1) is 0 Å². The predicted octanol–water partition coefficient (Wildman–Crippen LogP) is 14.8. The molecule has 0 saturated heterocycles. The van der Waals surface area contributed by atoms with Gasteiger partial charge < -0.3 is 4.90 Å². The maximum atomic E-state index is 2.40. The number of benzene rings is 8. The number of para-hydroxylation sites is 1. The lowest BCUT2D eigenvalue weighted by atomic mass is 9.81. The first kappa shape index (κ1) is 31.5. The highest BCUT2D eigenvalue weighted by molar-refractivity contribution is 7.26. The largest absolute Gasteiger partial charge is 0.311 e. The molecule has 0 aliphatic heterocycles. The van der Waals surface area contributed by atoms with E-state index in [0.717, 1.165) is 17.1 Å². The minimum Gasteiger partial charge on any atom is -0.311 e. The van der Waals surface area contributed by atoms with E-state index in [-0.39, 0.29) is 5.41 Å². The molecule has 0 saturated carbocycles. The van der Waals surface area contributed by atoms with Crippen LogP contribution in [0, 0.1) is 0 Å². The van der Waals surface area contributed by atoms with E-state index in [9.17, 15) is 0 Å². The average molecular weight is 696 g/mol. The summed E-state index contributed by atoms with van der Waals surface area (Å²) in [5.74, 6) is 0. The molecule has 1 aromatic heterocycles. The van der Waals surface area contributed by atoms with Gasteiger partial charge in [0.25, 0.3) is 0 Å². The van der Waals surface area contributed by atoms with E-state index in [1.807, 2.05) is 11.3 Å². The number of hydrogen-bond donors (Lipinski definition) is 0. The van der Waals surface area contributed by atoms with Crippen LogP contribution in [0.2, 0.25) is 0 Å². The number of nitrogens with zero attached hydrogens (tertiary/aromatic N) is 1. The van der Waals surface area contributed by atoms with Crippen LogP contribution in [-0.4, -0.2) is 0 Å². The normalized spacial score (nSPS) is 12.9. The summed E-state index contributed by atoms with van der Waals surface area (Å²) in [6, 6.07) is 68.9. The fourth-order valence-corrected chi connectivity index (χ4v) is 9.57. The van der Waals surface area contributed by atoms with Gasteiger partial charge in [-0.3, -0.25) is 0 Å². The number of anilines is 3. The first-order chi connectivity index (χ1) is 26.0. The maximum absolute atomic E-state index is 2.40. The summed E-state index contributed by atoms with van der Waals surface area (Å²) >= 11 is 1.88. The number of hydrogen-bond acceptors (Lipinski definition) is 2. The first-order valence-electron chi connectivity index (χ1n) is 18.3. The summed E-state index contributed by atoms with van der Waals surface area (Å²) in [5.41, 5.74) is 16.3. The molecule has 0 unspecified atom stereocenters. The molecule has 1 heterocycles. The van der Waals surface area contributed by atoms with Crippen molar-refractivity contribution in [1.82, 2.24) is 0 Å². The summed E-state index contributed by atoms with van der Waals surface area (Å²) in [6.07, 6.45) is 0. The highest BCUT2D eigenvalue weighted by Crippen LogP contribution is 2.51. The molecule has 0 atom stereocenters. The zero-order chi connectivity index (χ0) is 35.5. The molecule has 9 aromatic rings. The molecule has 0 fully saturated rings. The number of fused-ring (bicyclic) bond motifs is 6. The first-order valence-corrected chi connectivity index (χ1v) is 19.2. The summed E-state index contributed by atoms with van der Waals surface area (Å²) < 4.78 is 2.67. The topological polar surface area (TPSA) is 3.24 Å². The van der Waals surface area contributed by atoms with Crippen molar-refractivity contribution < 1.29 is 0 Å². The van der Waals surface area contributed by atoms with Gasteiger partial charge in [0.2, 0.25) is 0 Å². The lowest BCUT2D eigenvalue weighted by Gasteiger charge is -2.26. The van der Waals surface area contributed by atoms with Crippen LogP contribution in [0.15, 0.2) is 188 Å². The Kier molecular flexibility index (Phi) is 7.42. The third-order valence-electron chi connectivity index (χ3n) is 11.1. The number of thiophene rings is 1. The molecule has 0 radical (unpaired) electrons. The second-order valence-corrected chi connectivity index (χ2v) is 15.6. The van der Waals surface area contributed by atoms with Gasteiger partial charge in [0.15, 0.2) is 0 Å². The minimum atomic E-state index is -0.0615. The van der Waals surface area contributed by atoms with Crippen LogP contribution in [0.1, 0.15) is 25.0 Å². The van der Waals surface area contributed by atoms with Gasteiger partial charge in [-0.15, -0.1) is 11.3 Å². The summed E-state index contributed by atoms with van der Waals surface area (Å²) in [6.45, 7) is 4.71. The standard InChI is InChI=1S/C51H37NS/c1-51(2)47-31-25-37(32-46(47)43-30-24-38(33-48(43)51)34-12-5-3-6-13-34)35-20-26-40(27-21-35)52(39-14-7-4-8-15-39)41-28-22-36(23-29-41)42-17-11-18-45-44-16-9-10-19-49(44)53-50(42)45/h3-33H,1-2H3. The van der Waals surface area contributed by atoms with Gasteiger partial charge in [-0.25, -0.2) is 0 Å². The van der Waals surface area contributed by atoms with E-state index in [1.165, 1.54) is 75.8 Å². The van der Waals surface area contributed by atoms with Crippen LogP contribution in [-0.2, 0) is 5.41 Å². The van der Waals surface area contributed by atoms with Crippen LogP contribution in [0.25, 0.3) is 64.7 Å². The zero-order valence-corrected chi connectivity index (χ0v) is 30.6. The fraction of sp³-hybridized carbons (Fsp3) is 0.0588. The molecule has 10 rings (SSSR count). The van der Waals surface area contributed by atoms with Gasteiger partial charge in [-0.1, -0.05) is 147 Å². The summed E-state index contributed by atoms with van der Waals surface area (Å²) in [7, 11) is 0. The van der Waals surface area contributed by atoms with Crippen LogP contribution >= 0.6 is 11.3 Å². The molecular weight excluding hydrogens is 659 g/mol. The molecule has 1 nitrogen and oxygen atoms in total. The van der Waals surface area contributed by atoms with Crippen molar-refractivity contribution in [2.45, 2.75) is 19.3 Å². The Labute approximate surface area is 315 Å². The molecule has 0 bridgehead atoms. The van der Waals surface area contributed by atoms with E-state index in [2.05, 4.69) is 207 Å². The van der Waals surface area contributed by atoms with Crippen LogP contribution < -0.4 is 4.90 Å². The third-order valence-corrected chi connectivity index (χ3v) is 12.3. The molecule has 252 valence electrons. The van der Waals surface area contributed by atoms with Crippen molar-refractivity contribution in [3.63, 3.8) is 0 Å². The lowest BCUT2D eigenvalue weighted by Crippen LogP contribution is -2.15. The van der Waals surface area contributed by atoms with Gasteiger partial charge in [-0.2, -0.15) is 0 Å². The highest BCUT2D eigenvalue weighted by atomic mass is 32.1. The van der Waals surface area contributed by atoms with Crippen molar-refractivity contribution in [3.05, 3.63) is 199 Å².